The topological polar surface area (TPSA) is 116 Å². The van der Waals surface area contributed by atoms with Gasteiger partial charge < -0.3 is 20.8 Å². The zero-order chi connectivity index (χ0) is 14.0. The molecule has 100 valence electrons. The summed E-state index contributed by atoms with van der Waals surface area (Å²) in [6, 6.07) is 2.91. The van der Waals surface area contributed by atoms with E-state index in [-0.39, 0.29) is 22.2 Å². The third-order valence-corrected chi connectivity index (χ3v) is 3.36. The third-order valence-electron chi connectivity index (χ3n) is 2.48. The Morgan fingerprint density at radius 2 is 2.16 bits per heavy atom. The van der Waals surface area contributed by atoms with Crippen LogP contribution in [-0.4, -0.2) is 39.1 Å². The fraction of sp³-hybridized carbons (Fsp3) is 0.182. The molecule has 1 heterocycles. The maximum Gasteiger partial charge on any atom is 0.337 e. The highest BCUT2D eigenvalue weighted by molar-refractivity contribution is 8.14. The summed E-state index contributed by atoms with van der Waals surface area (Å²) in [5, 5.41) is 22.8. The first kappa shape index (κ1) is 13.2. The van der Waals surface area contributed by atoms with E-state index < -0.39 is 17.9 Å². The van der Waals surface area contributed by atoms with Crippen LogP contribution in [0.5, 0.6) is 5.75 Å². The monoisotopic (exact) mass is 282 g/mol. The van der Waals surface area contributed by atoms with Crippen molar-refractivity contribution >= 4 is 34.6 Å². The SMILES string of the molecule is O=C1NC(C(=O)Nc2ccc(O)cc2C(=O)O)CS1. The second-order valence-electron chi connectivity index (χ2n) is 3.82. The number of nitrogens with one attached hydrogen (secondary N) is 2. The molecule has 1 aromatic rings. The lowest BCUT2D eigenvalue weighted by molar-refractivity contribution is -0.117. The number of aromatic carboxylic acids is 1. The van der Waals surface area contributed by atoms with Crippen LogP contribution in [0.4, 0.5) is 10.5 Å². The van der Waals surface area contributed by atoms with Gasteiger partial charge in [0.05, 0.1) is 11.3 Å². The number of rotatable bonds is 3. The molecule has 7 nitrogen and oxygen atoms in total. The maximum atomic E-state index is 11.8. The Bertz CT molecular complexity index is 560. The van der Waals surface area contributed by atoms with Crippen LogP contribution < -0.4 is 10.6 Å². The number of hydrogen-bond donors (Lipinski definition) is 4. The molecule has 19 heavy (non-hydrogen) atoms. The number of carbonyl (C=O) groups is 3. The number of aromatic hydroxyl groups is 1. The molecule has 0 aliphatic carbocycles. The molecular formula is C11H10N2O5S. The highest BCUT2D eigenvalue weighted by Crippen LogP contribution is 2.22. The van der Waals surface area contributed by atoms with Crippen LogP contribution in [0.15, 0.2) is 18.2 Å². The van der Waals surface area contributed by atoms with Crippen molar-refractivity contribution < 1.29 is 24.6 Å². The van der Waals surface area contributed by atoms with Crippen LogP contribution in [0.1, 0.15) is 10.4 Å². The van der Waals surface area contributed by atoms with Crippen molar-refractivity contribution in [1.29, 1.82) is 0 Å². The lowest BCUT2D eigenvalue weighted by atomic mass is 10.1. The molecule has 2 amide bonds. The van der Waals surface area contributed by atoms with Crippen molar-refractivity contribution in [2.75, 3.05) is 11.1 Å². The van der Waals surface area contributed by atoms with Crippen molar-refractivity contribution in [3.05, 3.63) is 23.8 Å². The second-order valence-corrected chi connectivity index (χ2v) is 4.81. The van der Waals surface area contributed by atoms with Gasteiger partial charge in [0, 0.05) is 5.75 Å². The molecule has 0 bridgehead atoms. The first-order valence-electron chi connectivity index (χ1n) is 5.28. The number of carboxylic acids is 1. The smallest absolute Gasteiger partial charge is 0.337 e. The molecule has 1 atom stereocenters. The summed E-state index contributed by atoms with van der Waals surface area (Å²) in [5.74, 6) is -1.67. The van der Waals surface area contributed by atoms with E-state index in [0.29, 0.717) is 5.75 Å². The minimum atomic E-state index is -1.27. The molecule has 1 aromatic carbocycles. The second kappa shape index (κ2) is 5.19. The molecule has 8 heteroatoms. The molecule has 4 N–H and O–H groups in total. The zero-order valence-corrected chi connectivity index (χ0v) is 10.4. The van der Waals surface area contributed by atoms with Gasteiger partial charge in [-0.15, -0.1) is 0 Å². The van der Waals surface area contributed by atoms with E-state index >= 15 is 0 Å². The first-order chi connectivity index (χ1) is 8.97. The van der Waals surface area contributed by atoms with Gasteiger partial charge in [-0.1, -0.05) is 11.8 Å². The number of hydrogen-bond acceptors (Lipinski definition) is 5. The van der Waals surface area contributed by atoms with Gasteiger partial charge >= 0.3 is 5.97 Å². The van der Waals surface area contributed by atoms with Gasteiger partial charge in [-0.2, -0.15) is 0 Å². The van der Waals surface area contributed by atoms with Crippen LogP contribution in [0.3, 0.4) is 0 Å². The maximum absolute atomic E-state index is 11.8. The Morgan fingerprint density at radius 1 is 1.42 bits per heavy atom. The largest absolute Gasteiger partial charge is 0.508 e. The van der Waals surface area contributed by atoms with E-state index in [2.05, 4.69) is 10.6 Å². The molecule has 1 saturated heterocycles. The predicted molar refractivity (Wildman–Crippen MR) is 68.5 cm³/mol. The first-order valence-corrected chi connectivity index (χ1v) is 6.26. The summed E-state index contributed by atoms with van der Waals surface area (Å²) in [6.07, 6.45) is 0. The summed E-state index contributed by atoms with van der Waals surface area (Å²) in [6.45, 7) is 0. The number of phenols is 1. The molecule has 1 aliphatic heterocycles. The fourth-order valence-corrected chi connectivity index (χ4v) is 2.34. The number of carbonyl (C=O) groups excluding carboxylic acids is 2. The normalized spacial score (nSPS) is 17.9. The number of anilines is 1. The Morgan fingerprint density at radius 3 is 2.74 bits per heavy atom. The lowest BCUT2D eigenvalue weighted by Gasteiger charge is -2.12. The van der Waals surface area contributed by atoms with Crippen LogP contribution in [-0.2, 0) is 4.79 Å². The van der Waals surface area contributed by atoms with Gasteiger partial charge in [-0.05, 0) is 18.2 Å². The van der Waals surface area contributed by atoms with E-state index in [4.69, 9.17) is 5.11 Å². The number of thioether (sulfide) groups is 1. The minimum Gasteiger partial charge on any atom is -0.508 e. The van der Waals surface area contributed by atoms with Gasteiger partial charge in [-0.25, -0.2) is 4.79 Å². The molecule has 0 spiro atoms. The highest BCUT2D eigenvalue weighted by Gasteiger charge is 2.28. The molecule has 0 radical (unpaired) electrons. The summed E-state index contributed by atoms with van der Waals surface area (Å²) >= 11 is 0.990. The quantitative estimate of drug-likeness (QED) is 0.611. The summed E-state index contributed by atoms with van der Waals surface area (Å²) in [5.41, 5.74) is -0.147. The Hall–Kier alpha value is -2.22. The number of carboxylic acid groups (broad SMARTS) is 1. The molecule has 1 aliphatic rings. The Kier molecular flexibility index (Phi) is 3.61. The number of phenolic OH excluding ortho intramolecular Hbond substituents is 1. The molecule has 0 saturated carbocycles. The van der Waals surface area contributed by atoms with E-state index in [9.17, 15) is 19.5 Å². The number of benzene rings is 1. The van der Waals surface area contributed by atoms with Crippen molar-refractivity contribution in [3.8, 4) is 5.75 Å². The Labute approximate surface area is 112 Å². The molecule has 1 fully saturated rings. The summed E-state index contributed by atoms with van der Waals surface area (Å²) in [4.78, 5) is 33.8. The van der Waals surface area contributed by atoms with Crippen LogP contribution in [0.2, 0.25) is 0 Å². The van der Waals surface area contributed by atoms with Crippen molar-refractivity contribution in [1.82, 2.24) is 5.32 Å². The van der Waals surface area contributed by atoms with E-state index in [1.807, 2.05) is 0 Å². The average Bonchev–Trinajstić information content (AvgIpc) is 2.78. The van der Waals surface area contributed by atoms with Crippen molar-refractivity contribution in [2.45, 2.75) is 6.04 Å². The van der Waals surface area contributed by atoms with Crippen LogP contribution in [0, 0.1) is 0 Å². The third kappa shape index (κ3) is 2.97. The van der Waals surface area contributed by atoms with E-state index in [0.717, 1.165) is 17.8 Å². The fourth-order valence-electron chi connectivity index (χ4n) is 1.56. The number of amides is 2. The Balaban J connectivity index is 2.17. The predicted octanol–water partition coefficient (Wildman–Crippen LogP) is 0.854. The van der Waals surface area contributed by atoms with E-state index in [1.54, 1.807) is 0 Å². The van der Waals surface area contributed by atoms with Crippen molar-refractivity contribution in [3.63, 3.8) is 0 Å². The minimum absolute atomic E-state index is 0.0708. The molecule has 0 aromatic heterocycles. The van der Waals surface area contributed by atoms with E-state index in [1.165, 1.54) is 12.1 Å². The average molecular weight is 282 g/mol. The summed E-state index contributed by atoms with van der Waals surface area (Å²) in [7, 11) is 0. The highest BCUT2D eigenvalue weighted by atomic mass is 32.2. The van der Waals surface area contributed by atoms with Gasteiger partial charge in [0.1, 0.15) is 11.8 Å². The lowest BCUT2D eigenvalue weighted by Crippen LogP contribution is -2.38. The van der Waals surface area contributed by atoms with Gasteiger partial charge in [-0.3, -0.25) is 9.59 Å². The van der Waals surface area contributed by atoms with Gasteiger partial charge in [0.15, 0.2) is 0 Å². The van der Waals surface area contributed by atoms with Crippen LogP contribution in [0.25, 0.3) is 0 Å². The molecular weight excluding hydrogens is 272 g/mol. The van der Waals surface area contributed by atoms with Gasteiger partial charge in [0.25, 0.3) is 5.24 Å². The summed E-state index contributed by atoms with van der Waals surface area (Å²) < 4.78 is 0. The van der Waals surface area contributed by atoms with Crippen molar-refractivity contribution in [2.24, 2.45) is 0 Å². The van der Waals surface area contributed by atoms with Gasteiger partial charge in [0.2, 0.25) is 5.91 Å². The molecule has 1 unspecified atom stereocenters. The zero-order valence-electron chi connectivity index (χ0n) is 9.54. The standard InChI is InChI=1S/C11H10N2O5S/c14-5-1-2-7(6(3-5)10(16)17)12-9(15)8-4-19-11(18)13-8/h1-3,8,14H,4H2,(H,12,15)(H,13,18)(H,16,17). The van der Waals surface area contributed by atoms with Crippen LogP contribution >= 0.6 is 11.8 Å². The molecule has 2 rings (SSSR count).